The maximum atomic E-state index is 13.7. The van der Waals surface area contributed by atoms with Gasteiger partial charge in [-0.25, -0.2) is 13.2 Å². The largest absolute Gasteiger partial charge is 0.497 e. The zero-order valence-corrected chi connectivity index (χ0v) is 21.0. The van der Waals surface area contributed by atoms with Crippen LogP contribution in [0.2, 0.25) is 0 Å². The van der Waals surface area contributed by atoms with E-state index >= 15 is 0 Å². The number of carboxylic acid groups (broad SMARTS) is 1. The predicted octanol–water partition coefficient (Wildman–Crippen LogP) is 2.09. The van der Waals surface area contributed by atoms with Gasteiger partial charge >= 0.3 is 12.1 Å². The molecule has 2 N–H and O–H groups in total. The van der Waals surface area contributed by atoms with Crippen molar-refractivity contribution in [1.29, 1.82) is 0 Å². The molecule has 0 bridgehead atoms. The third-order valence-corrected chi connectivity index (χ3v) is 7.86. The van der Waals surface area contributed by atoms with Gasteiger partial charge in [0.1, 0.15) is 16.4 Å². The number of aliphatic carboxylic acids is 1. The molecule has 1 amide bonds. The molecule has 0 radical (unpaired) electrons. The molecule has 1 aliphatic heterocycles. The van der Waals surface area contributed by atoms with E-state index in [0.29, 0.717) is 18.8 Å². The zero-order valence-electron chi connectivity index (χ0n) is 20.2. The molecule has 10 nitrogen and oxygen atoms in total. The molecule has 1 aromatic rings. The van der Waals surface area contributed by atoms with Crippen molar-refractivity contribution < 1.29 is 45.8 Å². The smallest absolute Gasteiger partial charge is 0.490 e. The Labute approximate surface area is 208 Å². The minimum Gasteiger partial charge on any atom is -0.497 e. The Bertz CT molecular complexity index is 993. The summed E-state index contributed by atoms with van der Waals surface area (Å²) in [4.78, 5) is 23.6. The number of methoxy groups -OCH3 is 2. The lowest BCUT2D eigenvalue weighted by Gasteiger charge is -2.35. The van der Waals surface area contributed by atoms with Crippen LogP contribution in [0, 0.1) is 0 Å². The maximum absolute atomic E-state index is 13.7. The van der Waals surface area contributed by atoms with Crippen LogP contribution in [0.1, 0.15) is 32.1 Å². The SMILES string of the molecule is COc1ccc(OC)c(S(=O)(=O)N(CC(=O)N2CCNCC2)C2CCCCC2)c1.O=C(O)C(F)(F)F. The van der Waals surface area contributed by atoms with Crippen LogP contribution in [-0.4, -0.2) is 93.8 Å². The minimum atomic E-state index is -5.08. The van der Waals surface area contributed by atoms with Crippen molar-refractivity contribution in [3.8, 4) is 11.5 Å². The molecule has 204 valence electrons. The number of rotatable bonds is 7. The standard InChI is InChI=1S/C20H31N3O5S.C2HF3O2/c1-27-17-8-9-18(28-2)19(14-17)29(25,26)23(16-6-4-3-5-7-16)15-20(24)22-12-10-21-11-13-22;3-2(4,5)1(6)7/h8-9,14,16,21H,3-7,10-13,15H2,1-2H3;(H,6,7). The van der Waals surface area contributed by atoms with Crippen LogP contribution in [0.4, 0.5) is 13.2 Å². The maximum Gasteiger partial charge on any atom is 0.490 e. The Morgan fingerprint density at radius 3 is 2.19 bits per heavy atom. The molecule has 1 aromatic carbocycles. The lowest BCUT2D eigenvalue weighted by molar-refractivity contribution is -0.192. The lowest BCUT2D eigenvalue weighted by atomic mass is 9.95. The Morgan fingerprint density at radius 2 is 1.69 bits per heavy atom. The number of carbonyl (C=O) groups is 2. The number of amides is 1. The Morgan fingerprint density at radius 1 is 1.11 bits per heavy atom. The van der Waals surface area contributed by atoms with E-state index in [-0.39, 0.29) is 29.1 Å². The molecule has 0 aromatic heterocycles. The molecule has 36 heavy (non-hydrogen) atoms. The number of hydrogen-bond donors (Lipinski definition) is 2. The highest BCUT2D eigenvalue weighted by atomic mass is 32.2. The Hall–Kier alpha value is -2.58. The summed E-state index contributed by atoms with van der Waals surface area (Å²) in [5.41, 5.74) is 0. The number of sulfonamides is 1. The molecular weight excluding hydrogens is 507 g/mol. The van der Waals surface area contributed by atoms with Gasteiger partial charge in [0.05, 0.1) is 20.8 Å². The Kier molecular flexibility index (Phi) is 10.8. The van der Waals surface area contributed by atoms with Crippen molar-refractivity contribution in [2.24, 2.45) is 0 Å². The summed E-state index contributed by atoms with van der Waals surface area (Å²) in [6.45, 7) is 2.50. The molecule has 0 unspecified atom stereocenters. The van der Waals surface area contributed by atoms with Crippen molar-refractivity contribution in [1.82, 2.24) is 14.5 Å². The average molecular weight is 540 g/mol. The second-order valence-electron chi connectivity index (χ2n) is 8.29. The van der Waals surface area contributed by atoms with Crippen LogP contribution in [0.25, 0.3) is 0 Å². The number of halogens is 3. The molecule has 1 aliphatic carbocycles. The quantitative estimate of drug-likeness (QED) is 0.540. The van der Waals surface area contributed by atoms with Gasteiger partial charge in [0.15, 0.2) is 0 Å². The van der Waals surface area contributed by atoms with Gasteiger partial charge in [-0.3, -0.25) is 4.79 Å². The first-order valence-electron chi connectivity index (χ1n) is 11.4. The van der Waals surface area contributed by atoms with Crippen molar-refractivity contribution in [2.75, 3.05) is 46.9 Å². The molecule has 0 spiro atoms. The topological polar surface area (TPSA) is 125 Å². The van der Waals surface area contributed by atoms with Crippen LogP contribution >= 0.6 is 0 Å². The van der Waals surface area contributed by atoms with Crippen LogP contribution in [-0.2, 0) is 19.6 Å². The first-order valence-corrected chi connectivity index (χ1v) is 12.9. The van der Waals surface area contributed by atoms with Crippen LogP contribution in [0.3, 0.4) is 0 Å². The number of ether oxygens (including phenoxy) is 2. The molecule has 1 saturated heterocycles. The average Bonchev–Trinajstić information content (AvgIpc) is 2.87. The van der Waals surface area contributed by atoms with Crippen molar-refractivity contribution in [3.05, 3.63) is 18.2 Å². The lowest BCUT2D eigenvalue weighted by Crippen LogP contribution is -2.52. The second kappa shape index (κ2) is 13.1. The van der Waals surface area contributed by atoms with E-state index in [0.717, 1.165) is 45.2 Å². The van der Waals surface area contributed by atoms with Gasteiger partial charge in [0.25, 0.3) is 0 Å². The number of carboxylic acids is 1. The summed E-state index contributed by atoms with van der Waals surface area (Å²) in [5.74, 6) is -2.22. The molecule has 0 atom stereocenters. The highest BCUT2D eigenvalue weighted by Crippen LogP contribution is 2.34. The van der Waals surface area contributed by atoms with Gasteiger partial charge in [-0.1, -0.05) is 19.3 Å². The zero-order chi connectivity index (χ0) is 26.9. The molecule has 14 heteroatoms. The van der Waals surface area contributed by atoms with Crippen LogP contribution in [0.15, 0.2) is 23.1 Å². The van der Waals surface area contributed by atoms with Crippen LogP contribution in [0.5, 0.6) is 11.5 Å². The van der Waals surface area contributed by atoms with Gasteiger partial charge in [-0.2, -0.15) is 17.5 Å². The van der Waals surface area contributed by atoms with Crippen molar-refractivity contribution >= 4 is 21.9 Å². The fourth-order valence-electron chi connectivity index (χ4n) is 4.04. The van der Waals surface area contributed by atoms with E-state index in [4.69, 9.17) is 19.4 Å². The first-order chi connectivity index (χ1) is 16.9. The van der Waals surface area contributed by atoms with E-state index in [1.165, 1.54) is 24.6 Å². The third kappa shape index (κ3) is 7.96. The minimum absolute atomic E-state index is 0.0398. The van der Waals surface area contributed by atoms with Gasteiger partial charge in [-0.15, -0.1) is 0 Å². The van der Waals surface area contributed by atoms with Crippen molar-refractivity contribution in [2.45, 2.75) is 49.2 Å². The summed E-state index contributed by atoms with van der Waals surface area (Å²) in [6, 6.07) is 4.54. The second-order valence-corrected chi connectivity index (χ2v) is 10.2. The monoisotopic (exact) mass is 539 g/mol. The first kappa shape index (κ1) is 29.6. The fourth-order valence-corrected chi connectivity index (χ4v) is 5.85. The number of carbonyl (C=O) groups excluding carboxylic acids is 1. The highest BCUT2D eigenvalue weighted by Gasteiger charge is 2.38. The normalized spacial score (nSPS) is 17.2. The molecule has 2 fully saturated rings. The predicted molar refractivity (Wildman–Crippen MR) is 123 cm³/mol. The molecule has 2 aliphatic rings. The number of hydrogen-bond acceptors (Lipinski definition) is 7. The third-order valence-electron chi connectivity index (χ3n) is 5.94. The summed E-state index contributed by atoms with van der Waals surface area (Å²) in [5, 5.41) is 10.3. The molecule has 3 rings (SSSR count). The Balaban J connectivity index is 0.000000572. The molecule has 1 heterocycles. The van der Waals surface area contributed by atoms with E-state index < -0.39 is 22.2 Å². The van der Waals surface area contributed by atoms with E-state index in [9.17, 15) is 26.4 Å². The van der Waals surface area contributed by atoms with E-state index in [1.54, 1.807) is 17.0 Å². The van der Waals surface area contributed by atoms with Gasteiger partial charge in [0, 0.05) is 38.3 Å². The summed E-state index contributed by atoms with van der Waals surface area (Å²) in [6.07, 6.45) is -0.527. The highest BCUT2D eigenvalue weighted by molar-refractivity contribution is 7.89. The number of nitrogens with zero attached hydrogens (tertiary/aromatic N) is 2. The summed E-state index contributed by atoms with van der Waals surface area (Å²) >= 11 is 0. The van der Waals surface area contributed by atoms with Crippen LogP contribution < -0.4 is 14.8 Å². The van der Waals surface area contributed by atoms with Gasteiger partial charge in [0.2, 0.25) is 15.9 Å². The van der Waals surface area contributed by atoms with Crippen molar-refractivity contribution in [3.63, 3.8) is 0 Å². The number of alkyl halides is 3. The molecular formula is C22H32F3N3O7S. The number of benzene rings is 1. The van der Waals surface area contributed by atoms with Gasteiger partial charge < -0.3 is 24.8 Å². The van der Waals surface area contributed by atoms with Gasteiger partial charge in [-0.05, 0) is 25.0 Å². The molecule has 1 saturated carbocycles. The number of piperazine rings is 1. The number of nitrogens with one attached hydrogen (secondary N) is 1. The summed E-state index contributed by atoms with van der Waals surface area (Å²) < 4.78 is 71.1. The van der Waals surface area contributed by atoms with E-state index in [1.807, 2.05) is 0 Å². The summed E-state index contributed by atoms with van der Waals surface area (Å²) in [7, 11) is -1.01. The van der Waals surface area contributed by atoms with E-state index in [2.05, 4.69) is 5.32 Å². The fraction of sp³-hybridized carbons (Fsp3) is 0.636.